The standard InChI is InChI=1S/C27H44O2/c1-17(2)7-6-8-18(3)23-16-24(29)25-21-10-9-19-15-20(28)11-13-26(19,4)22(21)12-14-27(23,25)5/h17-20,22-23,28H,6-16H2,1-5H3/t18-,19+,20+,22+,23-,26-,27-/m0/s1. The molecule has 0 saturated heterocycles. The molecule has 0 amide bonds. The molecule has 29 heavy (non-hydrogen) atoms. The van der Waals surface area contributed by atoms with E-state index in [1.165, 1.54) is 44.1 Å². The van der Waals surface area contributed by atoms with Crippen molar-refractivity contribution in [3.8, 4) is 0 Å². The van der Waals surface area contributed by atoms with Crippen LogP contribution in [0.2, 0.25) is 0 Å². The second kappa shape index (κ2) is 7.81. The predicted octanol–water partition coefficient (Wildman–Crippen LogP) is 6.71. The van der Waals surface area contributed by atoms with Gasteiger partial charge in [-0.1, -0.05) is 59.5 Å². The van der Waals surface area contributed by atoms with Gasteiger partial charge in [-0.3, -0.25) is 4.79 Å². The van der Waals surface area contributed by atoms with Gasteiger partial charge in [-0.2, -0.15) is 0 Å². The highest BCUT2D eigenvalue weighted by atomic mass is 16.3. The van der Waals surface area contributed by atoms with Crippen LogP contribution in [0.1, 0.15) is 105 Å². The van der Waals surface area contributed by atoms with Crippen molar-refractivity contribution < 1.29 is 9.90 Å². The third-order valence-electron chi connectivity index (χ3n) is 9.96. The summed E-state index contributed by atoms with van der Waals surface area (Å²) >= 11 is 0. The first kappa shape index (κ1) is 21.6. The molecule has 1 N–H and O–H groups in total. The number of hydrogen-bond donors (Lipinski definition) is 1. The zero-order valence-electron chi connectivity index (χ0n) is 19.6. The molecule has 3 fully saturated rings. The molecule has 164 valence electrons. The molecular weight excluding hydrogens is 356 g/mol. The molecule has 2 nitrogen and oxygen atoms in total. The first-order valence-corrected chi connectivity index (χ1v) is 12.6. The van der Waals surface area contributed by atoms with Crippen LogP contribution in [0.5, 0.6) is 0 Å². The Balaban J connectivity index is 1.59. The number of hydrogen-bond acceptors (Lipinski definition) is 2. The molecule has 0 aromatic rings. The molecule has 3 saturated carbocycles. The monoisotopic (exact) mass is 400 g/mol. The largest absolute Gasteiger partial charge is 0.393 e. The van der Waals surface area contributed by atoms with Gasteiger partial charge in [0.2, 0.25) is 0 Å². The van der Waals surface area contributed by atoms with Crippen molar-refractivity contribution in [3.63, 3.8) is 0 Å². The van der Waals surface area contributed by atoms with E-state index in [0.29, 0.717) is 34.9 Å². The van der Waals surface area contributed by atoms with Crippen molar-refractivity contribution in [2.24, 2.45) is 40.4 Å². The third kappa shape index (κ3) is 3.56. The molecule has 0 bridgehead atoms. The van der Waals surface area contributed by atoms with Crippen molar-refractivity contribution in [2.75, 3.05) is 0 Å². The van der Waals surface area contributed by atoms with Crippen LogP contribution in [-0.4, -0.2) is 17.0 Å². The topological polar surface area (TPSA) is 37.3 Å². The van der Waals surface area contributed by atoms with Gasteiger partial charge in [0, 0.05) is 12.0 Å². The van der Waals surface area contributed by atoms with Crippen molar-refractivity contribution in [2.45, 2.75) is 111 Å². The lowest BCUT2D eigenvalue weighted by Crippen LogP contribution is -2.48. The van der Waals surface area contributed by atoms with Crippen LogP contribution in [0, 0.1) is 40.4 Å². The molecule has 2 heteroatoms. The van der Waals surface area contributed by atoms with E-state index in [2.05, 4.69) is 34.6 Å². The van der Waals surface area contributed by atoms with E-state index in [9.17, 15) is 9.90 Å². The van der Waals surface area contributed by atoms with E-state index < -0.39 is 0 Å². The van der Waals surface area contributed by atoms with Gasteiger partial charge in [-0.25, -0.2) is 0 Å². The number of carbonyl (C=O) groups excluding carboxylic acids is 1. The Labute approximate surface area is 178 Å². The zero-order chi connectivity index (χ0) is 21.0. The molecule has 7 atom stereocenters. The van der Waals surface area contributed by atoms with E-state index >= 15 is 0 Å². The SMILES string of the molecule is CC(C)CCC[C@H](C)[C@@H]1CC(=O)C2=C3CC[C@@H]4C[C@H](O)CC[C@]4(C)[C@@H]3CC[C@]21C. The Kier molecular flexibility index (Phi) is 5.82. The van der Waals surface area contributed by atoms with Gasteiger partial charge in [0.25, 0.3) is 0 Å². The Hall–Kier alpha value is -0.630. The molecule has 4 aliphatic rings. The Bertz CT molecular complexity index is 676. The summed E-state index contributed by atoms with van der Waals surface area (Å²) in [4.78, 5) is 13.4. The molecule has 0 spiro atoms. The third-order valence-corrected chi connectivity index (χ3v) is 9.96. The van der Waals surface area contributed by atoms with E-state index in [4.69, 9.17) is 0 Å². The number of fused-ring (bicyclic) bond motifs is 4. The van der Waals surface area contributed by atoms with Crippen LogP contribution in [0.3, 0.4) is 0 Å². The number of Topliss-reactive ketones (excluding diaryl/α,β-unsaturated/α-hetero) is 1. The summed E-state index contributed by atoms with van der Waals surface area (Å²) in [6.45, 7) is 12.0. The van der Waals surface area contributed by atoms with Crippen molar-refractivity contribution >= 4 is 5.78 Å². The summed E-state index contributed by atoms with van der Waals surface area (Å²) in [6.07, 6.45) is 12.4. The average Bonchev–Trinajstić information content (AvgIpc) is 2.93. The van der Waals surface area contributed by atoms with Crippen molar-refractivity contribution in [1.29, 1.82) is 0 Å². The summed E-state index contributed by atoms with van der Waals surface area (Å²) in [5.41, 5.74) is 3.29. The molecule has 0 aromatic carbocycles. The zero-order valence-corrected chi connectivity index (χ0v) is 19.6. The van der Waals surface area contributed by atoms with E-state index in [0.717, 1.165) is 38.0 Å². The Morgan fingerprint density at radius 3 is 2.55 bits per heavy atom. The molecule has 0 radical (unpaired) electrons. The minimum atomic E-state index is -0.0969. The summed E-state index contributed by atoms with van der Waals surface area (Å²) in [6, 6.07) is 0. The number of aliphatic hydroxyl groups is 1. The van der Waals surface area contributed by atoms with Gasteiger partial charge in [0.1, 0.15) is 0 Å². The minimum absolute atomic E-state index is 0.0969. The second-order valence-corrected chi connectivity index (χ2v) is 12.1. The van der Waals surface area contributed by atoms with Crippen LogP contribution >= 0.6 is 0 Å². The lowest BCUT2D eigenvalue weighted by atomic mass is 9.48. The second-order valence-electron chi connectivity index (χ2n) is 12.1. The molecule has 0 aromatic heterocycles. The lowest BCUT2D eigenvalue weighted by Gasteiger charge is -2.56. The minimum Gasteiger partial charge on any atom is -0.393 e. The molecule has 0 unspecified atom stereocenters. The Morgan fingerprint density at radius 1 is 1.07 bits per heavy atom. The molecular formula is C27H44O2. The van der Waals surface area contributed by atoms with Crippen LogP contribution in [0.4, 0.5) is 0 Å². The van der Waals surface area contributed by atoms with Crippen molar-refractivity contribution in [1.82, 2.24) is 0 Å². The summed E-state index contributed by atoms with van der Waals surface area (Å²) in [5, 5.41) is 10.2. The number of rotatable bonds is 5. The van der Waals surface area contributed by atoms with Crippen LogP contribution < -0.4 is 0 Å². The highest BCUT2D eigenvalue weighted by Gasteiger charge is 2.57. The number of allylic oxidation sites excluding steroid dienone is 2. The first-order chi connectivity index (χ1) is 13.7. The summed E-state index contributed by atoms with van der Waals surface area (Å²) < 4.78 is 0. The van der Waals surface area contributed by atoms with Gasteiger partial charge >= 0.3 is 0 Å². The predicted molar refractivity (Wildman–Crippen MR) is 120 cm³/mol. The first-order valence-electron chi connectivity index (χ1n) is 12.6. The van der Waals surface area contributed by atoms with Crippen LogP contribution in [0.25, 0.3) is 0 Å². The fourth-order valence-corrected chi connectivity index (χ4v) is 8.22. The average molecular weight is 401 g/mol. The fourth-order valence-electron chi connectivity index (χ4n) is 8.22. The Morgan fingerprint density at radius 2 is 1.83 bits per heavy atom. The summed E-state index contributed by atoms with van der Waals surface area (Å²) in [5.74, 6) is 3.70. The maximum absolute atomic E-state index is 13.4. The van der Waals surface area contributed by atoms with Crippen LogP contribution in [-0.2, 0) is 4.79 Å². The molecule has 0 heterocycles. The normalized spacial score (nSPS) is 43.2. The van der Waals surface area contributed by atoms with E-state index in [1.807, 2.05) is 0 Å². The lowest BCUT2D eigenvalue weighted by molar-refractivity contribution is -0.115. The van der Waals surface area contributed by atoms with E-state index in [-0.39, 0.29) is 11.5 Å². The van der Waals surface area contributed by atoms with E-state index in [1.54, 1.807) is 5.57 Å². The highest BCUT2D eigenvalue weighted by Crippen LogP contribution is 2.65. The van der Waals surface area contributed by atoms with Crippen LogP contribution in [0.15, 0.2) is 11.1 Å². The fraction of sp³-hybridized carbons (Fsp3) is 0.889. The number of aliphatic hydroxyl groups excluding tert-OH is 1. The maximum Gasteiger partial charge on any atom is 0.159 e. The smallest absolute Gasteiger partial charge is 0.159 e. The molecule has 4 rings (SSSR count). The highest BCUT2D eigenvalue weighted by molar-refractivity contribution is 6.00. The molecule has 4 aliphatic carbocycles. The van der Waals surface area contributed by atoms with Gasteiger partial charge in [-0.15, -0.1) is 0 Å². The van der Waals surface area contributed by atoms with Gasteiger partial charge < -0.3 is 5.11 Å². The van der Waals surface area contributed by atoms with Gasteiger partial charge in [0.05, 0.1) is 6.10 Å². The van der Waals surface area contributed by atoms with Crippen molar-refractivity contribution in [3.05, 3.63) is 11.1 Å². The quantitative estimate of drug-likeness (QED) is 0.556. The number of ketones is 1. The number of carbonyl (C=O) groups is 1. The summed E-state index contributed by atoms with van der Waals surface area (Å²) in [7, 11) is 0. The van der Waals surface area contributed by atoms with Gasteiger partial charge in [-0.05, 0) is 85.4 Å². The molecule has 0 aliphatic heterocycles. The maximum atomic E-state index is 13.4. The van der Waals surface area contributed by atoms with Gasteiger partial charge in [0.15, 0.2) is 5.78 Å².